The fourth-order valence-corrected chi connectivity index (χ4v) is 2.65. The molecule has 1 saturated heterocycles. The van der Waals surface area contributed by atoms with Crippen LogP contribution < -0.4 is 16.0 Å². The fraction of sp³-hybridized carbons (Fsp3) is 0.263. The first-order valence-corrected chi connectivity index (χ1v) is 8.28. The van der Waals surface area contributed by atoms with E-state index in [-0.39, 0.29) is 17.9 Å². The van der Waals surface area contributed by atoms with Gasteiger partial charge in [0.1, 0.15) is 0 Å². The first-order valence-electron chi connectivity index (χ1n) is 8.28. The molecule has 25 heavy (non-hydrogen) atoms. The van der Waals surface area contributed by atoms with E-state index >= 15 is 0 Å². The number of ether oxygens (including phenoxy) is 1. The van der Waals surface area contributed by atoms with E-state index in [1.165, 1.54) is 0 Å². The molecule has 3 rings (SSSR count). The normalized spacial score (nSPS) is 16.2. The zero-order chi connectivity index (χ0) is 17.5. The van der Waals surface area contributed by atoms with Gasteiger partial charge in [0.25, 0.3) is 0 Å². The van der Waals surface area contributed by atoms with Crippen molar-refractivity contribution in [2.24, 2.45) is 5.92 Å². The van der Waals surface area contributed by atoms with Crippen molar-refractivity contribution in [3.63, 3.8) is 0 Å². The summed E-state index contributed by atoms with van der Waals surface area (Å²) < 4.78 is 5.23. The van der Waals surface area contributed by atoms with Crippen molar-refractivity contribution >= 4 is 23.3 Å². The van der Waals surface area contributed by atoms with E-state index in [1.807, 2.05) is 48.5 Å². The minimum absolute atomic E-state index is 0.0117. The first-order chi connectivity index (χ1) is 12.2. The molecule has 3 N–H and O–H groups in total. The summed E-state index contributed by atoms with van der Waals surface area (Å²) in [5.74, 6) is -0.0457. The average molecular weight is 339 g/mol. The molecule has 2 aromatic rings. The standard InChI is InChI=1S/C19H21N3O3/c23-18(15-9-10-25-13-15)20-12-14-5-4-8-17(11-14)22-19(24)21-16-6-2-1-3-7-16/h1-8,11,15H,9-10,12-13H2,(H,20,23)(H2,21,22,24)/t15-/m1/s1. The van der Waals surface area contributed by atoms with Crippen molar-refractivity contribution in [3.8, 4) is 0 Å². The molecule has 0 aliphatic carbocycles. The minimum atomic E-state index is -0.310. The number of carbonyl (C=O) groups is 2. The second kappa shape index (κ2) is 8.30. The number of hydrogen-bond donors (Lipinski definition) is 3. The van der Waals surface area contributed by atoms with Crippen LogP contribution in [0.25, 0.3) is 0 Å². The summed E-state index contributed by atoms with van der Waals surface area (Å²) in [5.41, 5.74) is 2.32. The van der Waals surface area contributed by atoms with Crippen LogP contribution in [-0.4, -0.2) is 25.2 Å². The molecular formula is C19H21N3O3. The van der Waals surface area contributed by atoms with Crippen LogP contribution >= 0.6 is 0 Å². The van der Waals surface area contributed by atoms with Gasteiger partial charge in [-0.3, -0.25) is 4.79 Å². The lowest BCUT2D eigenvalue weighted by atomic mass is 10.1. The van der Waals surface area contributed by atoms with Crippen LogP contribution in [0, 0.1) is 5.92 Å². The van der Waals surface area contributed by atoms with E-state index in [0.717, 1.165) is 17.7 Å². The van der Waals surface area contributed by atoms with E-state index in [0.29, 0.717) is 25.4 Å². The van der Waals surface area contributed by atoms with Gasteiger partial charge < -0.3 is 20.7 Å². The monoisotopic (exact) mass is 339 g/mol. The molecule has 6 heteroatoms. The number of para-hydroxylation sites is 1. The Morgan fingerprint density at radius 3 is 2.52 bits per heavy atom. The highest BCUT2D eigenvalue weighted by molar-refractivity contribution is 5.99. The number of carbonyl (C=O) groups excluding carboxylic acids is 2. The van der Waals surface area contributed by atoms with E-state index in [9.17, 15) is 9.59 Å². The van der Waals surface area contributed by atoms with Crippen LogP contribution in [-0.2, 0) is 16.1 Å². The maximum Gasteiger partial charge on any atom is 0.323 e. The summed E-state index contributed by atoms with van der Waals surface area (Å²) in [5, 5.41) is 8.47. The lowest BCUT2D eigenvalue weighted by Crippen LogP contribution is -2.30. The Balaban J connectivity index is 1.52. The third-order valence-corrected chi connectivity index (χ3v) is 3.98. The van der Waals surface area contributed by atoms with E-state index in [4.69, 9.17) is 4.74 Å². The van der Waals surface area contributed by atoms with Gasteiger partial charge in [-0.05, 0) is 36.2 Å². The molecule has 2 aromatic carbocycles. The summed E-state index contributed by atoms with van der Waals surface area (Å²) in [6.07, 6.45) is 0.771. The highest BCUT2D eigenvalue weighted by Crippen LogP contribution is 2.14. The maximum atomic E-state index is 12.0. The highest BCUT2D eigenvalue weighted by atomic mass is 16.5. The molecule has 6 nitrogen and oxygen atoms in total. The zero-order valence-corrected chi connectivity index (χ0v) is 13.8. The van der Waals surface area contributed by atoms with Crippen LogP contribution in [0.3, 0.4) is 0 Å². The molecule has 1 atom stereocenters. The largest absolute Gasteiger partial charge is 0.381 e. The third-order valence-electron chi connectivity index (χ3n) is 3.98. The van der Waals surface area contributed by atoms with Gasteiger partial charge in [-0.15, -0.1) is 0 Å². The van der Waals surface area contributed by atoms with E-state index in [1.54, 1.807) is 6.07 Å². The quantitative estimate of drug-likeness (QED) is 0.783. The molecule has 1 fully saturated rings. The van der Waals surface area contributed by atoms with Crippen LogP contribution in [0.5, 0.6) is 0 Å². The Hall–Kier alpha value is -2.86. The van der Waals surface area contributed by atoms with Crippen molar-refractivity contribution in [2.75, 3.05) is 23.8 Å². The Morgan fingerprint density at radius 2 is 1.76 bits per heavy atom. The SMILES string of the molecule is O=C(Nc1ccccc1)Nc1cccc(CNC(=O)[C@@H]2CCOC2)c1. The molecule has 3 amide bonds. The van der Waals surface area contributed by atoms with Crippen LogP contribution in [0.1, 0.15) is 12.0 Å². The molecule has 130 valence electrons. The fourth-order valence-electron chi connectivity index (χ4n) is 2.65. The van der Waals surface area contributed by atoms with Crippen LogP contribution in [0.4, 0.5) is 16.2 Å². The first kappa shape index (κ1) is 17.0. The van der Waals surface area contributed by atoms with Gasteiger partial charge in [-0.1, -0.05) is 30.3 Å². The summed E-state index contributed by atoms with van der Waals surface area (Å²) in [4.78, 5) is 24.0. The smallest absolute Gasteiger partial charge is 0.323 e. The number of hydrogen-bond acceptors (Lipinski definition) is 3. The number of anilines is 2. The Labute approximate surface area is 146 Å². The summed E-state index contributed by atoms with van der Waals surface area (Å²) in [6.45, 7) is 1.56. The molecule has 0 saturated carbocycles. The highest BCUT2D eigenvalue weighted by Gasteiger charge is 2.22. The number of nitrogens with one attached hydrogen (secondary N) is 3. The van der Waals surface area contributed by atoms with Gasteiger partial charge in [0, 0.05) is 24.5 Å². The summed E-state index contributed by atoms with van der Waals surface area (Å²) in [7, 11) is 0. The second-order valence-corrected chi connectivity index (χ2v) is 5.92. The Kier molecular flexibility index (Phi) is 5.64. The van der Waals surface area contributed by atoms with E-state index < -0.39 is 0 Å². The summed E-state index contributed by atoms with van der Waals surface area (Å²) in [6, 6.07) is 16.3. The third kappa shape index (κ3) is 5.06. The second-order valence-electron chi connectivity index (χ2n) is 5.92. The van der Waals surface area contributed by atoms with Gasteiger partial charge >= 0.3 is 6.03 Å². The average Bonchev–Trinajstić information content (AvgIpc) is 3.15. The van der Waals surface area contributed by atoms with Gasteiger partial charge in [0.2, 0.25) is 5.91 Å². The van der Waals surface area contributed by atoms with Gasteiger partial charge in [0.05, 0.1) is 12.5 Å². The molecular weight excluding hydrogens is 318 g/mol. The topological polar surface area (TPSA) is 79.5 Å². The van der Waals surface area contributed by atoms with Gasteiger partial charge in [-0.2, -0.15) is 0 Å². The number of amides is 3. The number of urea groups is 1. The Morgan fingerprint density at radius 1 is 1.00 bits per heavy atom. The predicted molar refractivity (Wildman–Crippen MR) is 96.3 cm³/mol. The summed E-state index contributed by atoms with van der Waals surface area (Å²) >= 11 is 0. The molecule has 1 aliphatic rings. The van der Waals surface area contributed by atoms with Gasteiger partial charge in [0.15, 0.2) is 0 Å². The van der Waals surface area contributed by atoms with Crippen molar-refractivity contribution in [1.29, 1.82) is 0 Å². The Bertz CT molecular complexity index is 728. The van der Waals surface area contributed by atoms with Crippen molar-refractivity contribution in [2.45, 2.75) is 13.0 Å². The lowest BCUT2D eigenvalue weighted by Gasteiger charge is -2.11. The van der Waals surface area contributed by atoms with Crippen LogP contribution in [0.2, 0.25) is 0 Å². The molecule has 1 aliphatic heterocycles. The van der Waals surface area contributed by atoms with Crippen molar-refractivity contribution < 1.29 is 14.3 Å². The molecule has 0 bridgehead atoms. The number of rotatable bonds is 5. The van der Waals surface area contributed by atoms with Crippen molar-refractivity contribution in [1.82, 2.24) is 5.32 Å². The lowest BCUT2D eigenvalue weighted by molar-refractivity contribution is -0.125. The molecule has 0 spiro atoms. The van der Waals surface area contributed by atoms with E-state index in [2.05, 4.69) is 16.0 Å². The predicted octanol–water partition coefficient (Wildman–Crippen LogP) is 2.98. The number of benzene rings is 2. The molecule has 0 unspecified atom stereocenters. The maximum absolute atomic E-state index is 12.0. The molecule has 0 aromatic heterocycles. The van der Waals surface area contributed by atoms with Gasteiger partial charge in [-0.25, -0.2) is 4.79 Å². The minimum Gasteiger partial charge on any atom is -0.381 e. The molecule has 1 heterocycles. The van der Waals surface area contributed by atoms with Crippen LogP contribution in [0.15, 0.2) is 54.6 Å². The van der Waals surface area contributed by atoms with Crippen molar-refractivity contribution in [3.05, 3.63) is 60.2 Å². The molecule has 0 radical (unpaired) electrons. The zero-order valence-electron chi connectivity index (χ0n) is 13.8.